The Morgan fingerprint density at radius 1 is 0.246 bits per heavy atom. The molecular weight excluding hydrogens is 833 g/mol. The maximum atomic E-state index is 2.40. The fourth-order valence-corrected chi connectivity index (χ4v) is 9.99. The second-order valence-corrected chi connectivity index (χ2v) is 18.0. The highest BCUT2D eigenvalue weighted by atomic mass is 15.1. The topological polar surface area (TPSA) is 6.48 Å². The number of hydrogen-bond acceptors (Lipinski definition) is 2. The summed E-state index contributed by atoms with van der Waals surface area (Å²) in [7, 11) is 0. The van der Waals surface area contributed by atoms with E-state index in [4.69, 9.17) is 0 Å². The highest BCUT2D eigenvalue weighted by Gasteiger charge is 2.19. The van der Waals surface area contributed by atoms with Gasteiger partial charge in [0.1, 0.15) is 0 Å². The molecule has 11 rings (SSSR count). The second-order valence-electron chi connectivity index (χ2n) is 18.0. The lowest BCUT2D eigenvalue weighted by Crippen LogP contribution is -2.10. The van der Waals surface area contributed by atoms with Crippen LogP contribution in [-0.4, -0.2) is 0 Å². The third-order valence-electron chi connectivity index (χ3n) is 13.6. The third kappa shape index (κ3) is 9.57. The van der Waals surface area contributed by atoms with E-state index in [1.807, 2.05) is 0 Å². The van der Waals surface area contributed by atoms with Crippen LogP contribution in [0.5, 0.6) is 0 Å². The van der Waals surface area contributed by atoms with E-state index in [2.05, 4.69) is 283 Å². The number of rotatable bonds is 12. The SMILES string of the molecule is C1=CCCC(c2ccc(N(c3ccccc3)c3ccc(-c4ccc(-c5ccc(N(c6ccccc6)c6ccc(-c7ccccc7)cc6)cc5)cc4)c(-c4cccc(-c5ccccc5)c4)c3)cc2)CC1. The lowest BCUT2D eigenvalue weighted by Gasteiger charge is -2.27. The van der Waals surface area contributed by atoms with Gasteiger partial charge in [-0.1, -0.05) is 194 Å². The van der Waals surface area contributed by atoms with Crippen LogP contribution in [-0.2, 0) is 0 Å². The van der Waals surface area contributed by atoms with Crippen LogP contribution in [0.4, 0.5) is 34.1 Å². The molecule has 1 aliphatic carbocycles. The fourth-order valence-electron chi connectivity index (χ4n) is 9.99. The molecule has 0 heterocycles. The van der Waals surface area contributed by atoms with Crippen molar-refractivity contribution in [3.8, 4) is 55.6 Å². The molecule has 332 valence electrons. The maximum absolute atomic E-state index is 2.40. The molecular formula is C67H54N2. The van der Waals surface area contributed by atoms with E-state index >= 15 is 0 Å². The molecule has 0 N–H and O–H groups in total. The molecule has 0 aliphatic heterocycles. The van der Waals surface area contributed by atoms with Gasteiger partial charge in [0.05, 0.1) is 0 Å². The van der Waals surface area contributed by atoms with Crippen LogP contribution in [0.15, 0.2) is 273 Å². The Hall–Kier alpha value is -8.46. The summed E-state index contributed by atoms with van der Waals surface area (Å²) < 4.78 is 0. The van der Waals surface area contributed by atoms with E-state index in [1.54, 1.807) is 0 Å². The largest absolute Gasteiger partial charge is 0.311 e. The van der Waals surface area contributed by atoms with Gasteiger partial charge in [0.25, 0.3) is 0 Å². The molecule has 2 heteroatoms. The summed E-state index contributed by atoms with van der Waals surface area (Å²) in [5.41, 5.74) is 20.0. The standard InChI is InChI=1S/C67H54N2/c1-2-8-19-50(18-7-1)55-36-44-64(45-37-55)69(61-28-15-6-16-29-61)65-46-47-66(67(49-65)59-25-17-24-58(48-59)52-22-11-4-12-23-52)57-32-30-53(31-33-57)56-38-42-63(43-39-56)68(60-26-13-5-14-27-60)62-40-34-54(35-41-62)51-20-9-3-10-21-51/h1-6,9-17,20-50H,7-8,18-19H2. The average molecular weight is 887 g/mol. The summed E-state index contributed by atoms with van der Waals surface area (Å²) in [4.78, 5) is 4.72. The molecule has 2 nitrogen and oxygen atoms in total. The number of para-hydroxylation sites is 2. The lowest BCUT2D eigenvalue weighted by molar-refractivity contribution is 0.603. The zero-order valence-electron chi connectivity index (χ0n) is 38.8. The van der Waals surface area contributed by atoms with Crippen molar-refractivity contribution in [2.75, 3.05) is 9.80 Å². The van der Waals surface area contributed by atoms with Gasteiger partial charge < -0.3 is 9.80 Å². The van der Waals surface area contributed by atoms with E-state index in [0.717, 1.165) is 47.0 Å². The minimum absolute atomic E-state index is 0.590. The molecule has 10 aromatic carbocycles. The molecule has 0 saturated heterocycles. The maximum Gasteiger partial charge on any atom is 0.0468 e. The summed E-state index contributed by atoms with van der Waals surface area (Å²) in [6.45, 7) is 0. The minimum Gasteiger partial charge on any atom is -0.311 e. The zero-order valence-corrected chi connectivity index (χ0v) is 38.8. The van der Waals surface area contributed by atoms with E-state index < -0.39 is 0 Å². The predicted octanol–water partition coefficient (Wildman–Crippen LogP) is 19.2. The van der Waals surface area contributed by atoms with Crippen molar-refractivity contribution in [3.05, 3.63) is 279 Å². The monoisotopic (exact) mass is 886 g/mol. The molecule has 0 unspecified atom stereocenters. The van der Waals surface area contributed by atoms with E-state index in [-0.39, 0.29) is 0 Å². The van der Waals surface area contributed by atoms with Crippen molar-refractivity contribution < 1.29 is 0 Å². The van der Waals surface area contributed by atoms with Crippen LogP contribution in [0.3, 0.4) is 0 Å². The molecule has 0 bridgehead atoms. The van der Waals surface area contributed by atoms with E-state index in [1.165, 1.54) is 74.0 Å². The van der Waals surface area contributed by atoms with Gasteiger partial charge in [-0.05, 0) is 172 Å². The first-order valence-electron chi connectivity index (χ1n) is 24.3. The van der Waals surface area contributed by atoms with Gasteiger partial charge in [0.2, 0.25) is 0 Å². The van der Waals surface area contributed by atoms with Gasteiger partial charge in [0, 0.05) is 34.1 Å². The molecule has 10 aromatic rings. The van der Waals surface area contributed by atoms with Crippen molar-refractivity contribution in [3.63, 3.8) is 0 Å². The van der Waals surface area contributed by atoms with E-state index in [9.17, 15) is 0 Å². The lowest BCUT2D eigenvalue weighted by atomic mass is 9.90. The quantitative estimate of drug-likeness (QED) is 0.113. The summed E-state index contributed by atoms with van der Waals surface area (Å²) >= 11 is 0. The number of nitrogens with zero attached hydrogens (tertiary/aromatic N) is 2. The molecule has 0 saturated carbocycles. The van der Waals surface area contributed by atoms with Crippen molar-refractivity contribution in [2.24, 2.45) is 0 Å². The first kappa shape index (κ1) is 43.1. The average Bonchev–Trinajstić information content (AvgIpc) is 3.73. The molecule has 0 radical (unpaired) electrons. The summed E-state index contributed by atoms with van der Waals surface area (Å²) in [6.07, 6.45) is 9.42. The van der Waals surface area contributed by atoms with Gasteiger partial charge in [0.15, 0.2) is 0 Å². The Balaban J connectivity index is 0.937. The van der Waals surface area contributed by atoms with Crippen molar-refractivity contribution in [1.82, 2.24) is 0 Å². The number of allylic oxidation sites excluding steroid dienone is 2. The first-order valence-corrected chi connectivity index (χ1v) is 24.3. The zero-order chi connectivity index (χ0) is 46.2. The fraction of sp³-hybridized carbons (Fsp3) is 0.0746. The van der Waals surface area contributed by atoms with Gasteiger partial charge in [-0.3, -0.25) is 0 Å². The molecule has 0 atom stereocenters. The minimum atomic E-state index is 0.590. The molecule has 0 fully saturated rings. The van der Waals surface area contributed by atoms with Crippen molar-refractivity contribution >= 4 is 34.1 Å². The third-order valence-corrected chi connectivity index (χ3v) is 13.6. The smallest absolute Gasteiger partial charge is 0.0468 e. The first-order chi connectivity index (χ1) is 34.2. The predicted molar refractivity (Wildman–Crippen MR) is 293 cm³/mol. The van der Waals surface area contributed by atoms with Crippen LogP contribution >= 0.6 is 0 Å². The normalized spacial score (nSPS) is 12.6. The van der Waals surface area contributed by atoms with Crippen LogP contribution in [0.25, 0.3) is 55.6 Å². The van der Waals surface area contributed by atoms with Gasteiger partial charge in [-0.25, -0.2) is 0 Å². The highest BCUT2D eigenvalue weighted by Crippen LogP contribution is 2.43. The second kappa shape index (κ2) is 20.2. The Bertz CT molecular complexity index is 3260. The summed E-state index contributed by atoms with van der Waals surface area (Å²) in [5, 5.41) is 0. The van der Waals surface area contributed by atoms with Crippen molar-refractivity contribution in [2.45, 2.75) is 31.6 Å². The summed E-state index contributed by atoms with van der Waals surface area (Å²) in [5.74, 6) is 0.590. The molecule has 0 amide bonds. The van der Waals surface area contributed by atoms with Gasteiger partial charge in [-0.2, -0.15) is 0 Å². The number of benzene rings is 10. The molecule has 0 spiro atoms. The van der Waals surface area contributed by atoms with Crippen LogP contribution in [0.2, 0.25) is 0 Å². The summed E-state index contributed by atoms with van der Waals surface area (Å²) in [6, 6.07) is 94.9. The Morgan fingerprint density at radius 3 is 1.13 bits per heavy atom. The molecule has 0 aromatic heterocycles. The van der Waals surface area contributed by atoms with Crippen molar-refractivity contribution in [1.29, 1.82) is 0 Å². The molecule has 1 aliphatic rings. The molecule has 69 heavy (non-hydrogen) atoms. The van der Waals surface area contributed by atoms with Crippen LogP contribution in [0.1, 0.15) is 37.2 Å². The van der Waals surface area contributed by atoms with Gasteiger partial charge in [-0.15, -0.1) is 0 Å². The van der Waals surface area contributed by atoms with Crippen LogP contribution in [0, 0.1) is 0 Å². The van der Waals surface area contributed by atoms with Crippen LogP contribution < -0.4 is 9.80 Å². The Kier molecular flexibility index (Phi) is 12.6. The Morgan fingerprint density at radius 2 is 0.609 bits per heavy atom. The number of anilines is 6. The highest BCUT2D eigenvalue weighted by molar-refractivity contribution is 5.91. The Labute approximate surface area is 407 Å². The number of hydrogen-bond donors (Lipinski definition) is 0. The van der Waals surface area contributed by atoms with E-state index in [0.29, 0.717) is 5.92 Å². The van der Waals surface area contributed by atoms with Gasteiger partial charge >= 0.3 is 0 Å².